The lowest BCUT2D eigenvalue weighted by Gasteiger charge is -2.07. The summed E-state index contributed by atoms with van der Waals surface area (Å²) in [6.45, 7) is 5.30. The van der Waals surface area contributed by atoms with Crippen LogP contribution < -0.4 is 15.5 Å². The first-order chi connectivity index (χ1) is 8.67. The highest BCUT2D eigenvalue weighted by molar-refractivity contribution is 9.10. The van der Waals surface area contributed by atoms with E-state index in [0.717, 1.165) is 22.3 Å². The second-order valence-electron chi connectivity index (χ2n) is 3.34. The molecule has 0 unspecified atom stereocenters. The van der Waals surface area contributed by atoms with E-state index in [1.807, 2.05) is 32.0 Å². The van der Waals surface area contributed by atoms with Crippen LogP contribution in [-0.2, 0) is 0 Å². The van der Waals surface area contributed by atoms with Crippen molar-refractivity contribution in [3.8, 4) is 5.75 Å². The lowest BCUT2D eigenvalue weighted by molar-refractivity contribution is 0.339. The molecule has 0 fully saturated rings. The van der Waals surface area contributed by atoms with E-state index in [0.29, 0.717) is 11.7 Å². The molecule has 2 N–H and O–H groups in total. The number of nitrogens with one attached hydrogen (secondary N) is 2. The fraction of sp³-hybridized carbons (Fsp3) is 0.333. The average molecular weight is 330 g/mol. The van der Waals surface area contributed by atoms with E-state index in [2.05, 4.69) is 31.8 Å². The van der Waals surface area contributed by atoms with Crippen molar-refractivity contribution in [3.63, 3.8) is 0 Å². The zero-order valence-electron chi connectivity index (χ0n) is 10.4. The molecule has 98 valence electrons. The standard InChI is InChI=1S/C12H16BrN3OS/c1-3-14-12(18)16-15-8-9-7-10(13)5-6-11(9)17-4-2/h5-8H,3-4H2,1-2H3,(H2,14,16,18). The Bertz CT molecular complexity index is 437. The Morgan fingerprint density at radius 1 is 1.50 bits per heavy atom. The van der Waals surface area contributed by atoms with Crippen molar-refractivity contribution in [3.05, 3.63) is 28.2 Å². The van der Waals surface area contributed by atoms with E-state index < -0.39 is 0 Å². The molecule has 0 aliphatic rings. The number of benzene rings is 1. The van der Waals surface area contributed by atoms with Gasteiger partial charge >= 0.3 is 0 Å². The monoisotopic (exact) mass is 329 g/mol. The number of rotatable bonds is 5. The van der Waals surface area contributed by atoms with Gasteiger partial charge in [0.2, 0.25) is 0 Å². The lowest BCUT2D eigenvalue weighted by atomic mass is 10.2. The van der Waals surface area contributed by atoms with Gasteiger partial charge in [0.15, 0.2) is 5.11 Å². The van der Waals surface area contributed by atoms with Crippen molar-refractivity contribution in [2.45, 2.75) is 13.8 Å². The number of ether oxygens (including phenoxy) is 1. The second-order valence-corrected chi connectivity index (χ2v) is 4.67. The Hall–Kier alpha value is -1.14. The number of nitrogens with zero attached hydrogens (tertiary/aromatic N) is 1. The van der Waals surface area contributed by atoms with Crippen LogP contribution in [0, 0.1) is 0 Å². The van der Waals surface area contributed by atoms with E-state index in [9.17, 15) is 0 Å². The Morgan fingerprint density at radius 2 is 2.28 bits per heavy atom. The van der Waals surface area contributed by atoms with Gasteiger partial charge in [-0.1, -0.05) is 15.9 Å². The van der Waals surface area contributed by atoms with Crippen molar-refractivity contribution in [2.75, 3.05) is 13.2 Å². The highest BCUT2D eigenvalue weighted by Crippen LogP contribution is 2.21. The molecular formula is C12H16BrN3OS. The summed E-state index contributed by atoms with van der Waals surface area (Å²) in [4.78, 5) is 0. The van der Waals surface area contributed by atoms with Gasteiger partial charge in [0.25, 0.3) is 0 Å². The Morgan fingerprint density at radius 3 is 2.94 bits per heavy atom. The van der Waals surface area contributed by atoms with E-state index >= 15 is 0 Å². The minimum atomic E-state index is 0.502. The molecule has 0 spiro atoms. The van der Waals surface area contributed by atoms with Gasteiger partial charge in [0.1, 0.15) is 5.75 Å². The molecule has 6 heteroatoms. The number of hydrogen-bond acceptors (Lipinski definition) is 3. The van der Waals surface area contributed by atoms with E-state index in [1.54, 1.807) is 6.21 Å². The highest BCUT2D eigenvalue weighted by atomic mass is 79.9. The van der Waals surface area contributed by atoms with Crippen LogP contribution in [0.15, 0.2) is 27.8 Å². The maximum Gasteiger partial charge on any atom is 0.186 e. The molecule has 0 heterocycles. The average Bonchev–Trinajstić information content (AvgIpc) is 2.33. The highest BCUT2D eigenvalue weighted by Gasteiger charge is 2.01. The summed E-state index contributed by atoms with van der Waals surface area (Å²) in [7, 11) is 0. The van der Waals surface area contributed by atoms with Gasteiger partial charge in [0.05, 0.1) is 12.8 Å². The molecule has 0 amide bonds. The molecule has 4 nitrogen and oxygen atoms in total. The van der Waals surface area contributed by atoms with Gasteiger partial charge in [-0.15, -0.1) is 0 Å². The Labute approximate surface area is 121 Å². The van der Waals surface area contributed by atoms with Crippen molar-refractivity contribution < 1.29 is 4.74 Å². The first-order valence-corrected chi connectivity index (χ1v) is 6.86. The predicted octanol–water partition coefficient (Wildman–Crippen LogP) is 2.67. The van der Waals surface area contributed by atoms with Gasteiger partial charge < -0.3 is 10.1 Å². The lowest BCUT2D eigenvalue weighted by Crippen LogP contribution is -2.31. The minimum Gasteiger partial charge on any atom is -0.493 e. The van der Waals surface area contributed by atoms with Crippen LogP contribution in [0.3, 0.4) is 0 Å². The van der Waals surface area contributed by atoms with Crippen LogP contribution >= 0.6 is 28.1 Å². The fourth-order valence-corrected chi connectivity index (χ4v) is 1.84. The summed E-state index contributed by atoms with van der Waals surface area (Å²) < 4.78 is 6.48. The molecule has 0 saturated carbocycles. The summed E-state index contributed by atoms with van der Waals surface area (Å²) in [6.07, 6.45) is 1.68. The van der Waals surface area contributed by atoms with E-state index in [4.69, 9.17) is 17.0 Å². The fourth-order valence-electron chi connectivity index (χ4n) is 1.27. The first kappa shape index (κ1) is 14.9. The van der Waals surface area contributed by atoms with Crippen LogP contribution in [0.2, 0.25) is 0 Å². The largest absolute Gasteiger partial charge is 0.493 e. The first-order valence-electron chi connectivity index (χ1n) is 5.66. The van der Waals surface area contributed by atoms with Gasteiger partial charge in [-0.3, -0.25) is 5.43 Å². The number of hydrogen-bond donors (Lipinski definition) is 2. The minimum absolute atomic E-state index is 0.502. The smallest absolute Gasteiger partial charge is 0.186 e. The van der Waals surface area contributed by atoms with Crippen LogP contribution in [0.4, 0.5) is 0 Å². The zero-order chi connectivity index (χ0) is 13.4. The van der Waals surface area contributed by atoms with Crippen molar-refractivity contribution in [1.82, 2.24) is 10.7 Å². The molecule has 1 rings (SSSR count). The molecular weight excluding hydrogens is 314 g/mol. The molecule has 18 heavy (non-hydrogen) atoms. The van der Waals surface area contributed by atoms with Gasteiger partial charge in [-0.2, -0.15) is 5.10 Å². The van der Waals surface area contributed by atoms with Crippen molar-refractivity contribution in [1.29, 1.82) is 0 Å². The van der Waals surface area contributed by atoms with Crippen LogP contribution in [0.25, 0.3) is 0 Å². The molecule has 0 radical (unpaired) electrons. The van der Waals surface area contributed by atoms with Crippen LogP contribution in [0.1, 0.15) is 19.4 Å². The second kappa shape index (κ2) is 8.05. The summed E-state index contributed by atoms with van der Waals surface area (Å²) in [5, 5.41) is 7.52. The van der Waals surface area contributed by atoms with Gasteiger partial charge in [-0.25, -0.2) is 0 Å². The number of halogens is 1. The summed E-state index contributed by atoms with van der Waals surface area (Å²) in [5.41, 5.74) is 3.63. The van der Waals surface area contributed by atoms with Crippen molar-refractivity contribution in [2.24, 2.45) is 5.10 Å². The molecule has 0 aromatic heterocycles. The molecule has 0 saturated heterocycles. The third-order valence-electron chi connectivity index (χ3n) is 1.98. The SMILES string of the molecule is CCNC(=S)NN=Cc1cc(Br)ccc1OCC. The molecule has 0 aliphatic heterocycles. The van der Waals surface area contributed by atoms with Crippen LogP contribution in [-0.4, -0.2) is 24.5 Å². The Balaban J connectivity index is 2.72. The van der Waals surface area contributed by atoms with E-state index in [-0.39, 0.29) is 0 Å². The molecule has 0 atom stereocenters. The molecule has 0 aliphatic carbocycles. The van der Waals surface area contributed by atoms with Crippen molar-refractivity contribution >= 4 is 39.5 Å². The number of thiocarbonyl (C=S) groups is 1. The number of hydrazone groups is 1. The normalized spacial score (nSPS) is 10.4. The Kier molecular flexibility index (Phi) is 6.67. The molecule has 0 bridgehead atoms. The van der Waals surface area contributed by atoms with Gasteiger partial charge in [-0.05, 0) is 44.3 Å². The predicted molar refractivity (Wildman–Crippen MR) is 82.3 cm³/mol. The van der Waals surface area contributed by atoms with Gasteiger partial charge in [0, 0.05) is 16.6 Å². The molecule has 1 aromatic rings. The topological polar surface area (TPSA) is 45.7 Å². The maximum atomic E-state index is 5.51. The summed E-state index contributed by atoms with van der Waals surface area (Å²) >= 11 is 8.42. The quantitative estimate of drug-likeness (QED) is 0.495. The maximum absolute atomic E-state index is 5.51. The van der Waals surface area contributed by atoms with Crippen LogP contribution in [0.5, 0.6) is 5.75 Å². The molecule has 1 aromatic carbocycles. The third kappa shape index (κ3) is 5.01. The third-order valence-corrected chi connectivity index (χ3v) is 2.71. The van der Waals surface area contributed by atoms with E-state index in [1.165, 1.54) is 0 Å². The zero-order valence-corrected chi connectivity index (χ0v) is 12.8. The summed E-state index contributed by atoms with van der Waals surface area (Å²) in [6, 6.07) is 5.77. The summed E-state index contributed by atoms with van der Waals surface area (Å²) in [5.74, 6) is 0.792.